The summed E-state index contributed by atoms with van der Waals surface area (Å²) < 4.78 is 4.85. The minimum absolute atomic E-state index is 0.633. The van der Waals surface area contributed by atoms with Crippen LogP contribution in [0.15, 0.2) is 212 Å². The van der Waals surface area contributed by atoms with Gasteiger partial charge in [-0.15, -0.1) is 0 Å². The Morgan fingerprint density at radius 3 is 1.44 bits per heavy atom. The van der Waals surface area contributed by atoms with Crippen LogP contribution in [0.25, 0.3) is 123 Å². The van der Waals surface area contributed by atoms with Crippen molar-refractivity contribution in [2.24, 2.45) is 0 Å². The van der Waals surface area contributed by atoms with Crippen LogP contribution in [-0.2, 0) is 0 Å². The summed E-state index contributed by atoms with van der Waals surface area (Å²) in [5, 5.41) is 4.92. The molecule has 0 amide bonds. The summed E-state index contributed by atoms with van der Waals surface area (Å²) >= 11 is 0. The van der Waals surface area contributed by atoms with Crippen molar-refractivity contribution in [3.8, 4) is 78.9 Å². The van der Waals surface area contributed by atoms with Gasteiger partial charge in [0.25, 0.3) is 0 Å². The number of hydrogen-bond donors (Lipinski definition) is 0. The molecule has 0 radical (unpaired) electrons. The van der Waals surface area contributed by atoms with Crippen LogP contribution in [0.2, 0.25) is 0 Å². The monoisotopic (exact) mass is 789 g/mol. The van der Waals surface area contributed by atoms with Crippen LogP contribution >= 0.6 is 0 Å². The Hall–Kier alpha value is -8.41. The number of fused-ring (bicyclic) bond motifs is 11. The highest BCUT2D eigenvalue weighted by molar-refractivity contribution is 6.18. The van der Waals surface area contributed by atoms with Gasteiger partial charge in [-0.05, 0) is 89.0 Å². The molecule has 4 heterocycles. The van der Waals surface area contributed by atoms with Gasteiger partial charge in [-0.25, -0.2) is 15.0 Å². The molecule has 0 unspecified atom stereocenters. The third-order valence-electron chi connectivity index (χ3n) is 12.5. The first kappa shape index (κ1) is 34.5. The van der Waals surface area contributed by atoms with Gasteiger partial charge in [0, 0.05) is 55.0 Å². The zero-order chi connectivity index (χ0) is 40.7. The summed E-state index contributed by atoms with van der Waals surface area (Å²) in [5.41, 5.74) is 16.9. The molecule has 0 saturated carbocycles. The highest BCUT2D eigenvalue weighted by Crippen LogP contribution is 2.49. The lowest BCUT2D eigenvalue weighted by Gasteiger charge is -2.15. The van der Waals surface area contributed by atoms with Crippen molar-refractivity contribution >= 4 is 43.6 Å². The second kappa shape index (κ2) is 13.6. The van der Waals surface area contributed by atoms with Crippen molar-refractivity contribution < 1.29 is 0 Å². The molecule has 0 atom stereocenters. The van der Waals surface area contributed by atoms with E-state index in [9.17, 15) is 0 Å². The molecule has 0 spiro atoms. The number of benzene rings is 9. The highest BCUT2D eigenvalue weighted by Gasteiger charge is 2.26. The van der Waals surface area contributed by atoms with Gasteiger partial charge in [0.1, 0.15) is 0 Å². The maximum Gasteiger partial charge on any atom is 0.164 e. The molecule has 9 aromatic carbocycles. The van der Waals surface area contributed by atoms with E-state index in [1.54, 1.807) is 0 Å². The van der Waals surface area contributed by atoms with E-state index >= 15 is 0 Å². The Morgan fingerprint density at radius 1 is 0.274 bits per heavy atom. The van der Waals surface area contributed by atoms with E-state index in [1.165, 1.54) is 65.9 Å². The second-order valence-electron chi connectivity index (χ2n) is 16.0. The molecule has 13 rings (SSSR count). The van der Waals surface area contributed by atoms with Gasteiger partial charge in [0.15, 0.2) is 17.5 Å². The molecule has 1 aliphatic rings. The first-order valence-corrected chi connectivity index (χ1v) is 21.0. The van der Waals surface area contributed by atoms with Crippen molar-refractivity contribution in [1.82, 2.24) is 24.1 Å². The predicted molar refractivity (Wildman–Crippen MR) is 255 cm³/mol. The molecular weight excluding hydrogens is 755 g/mol. The lowest BCUT2D eigenvalue weighted by Crippen LogP contribution is -2.01. The van der Waals surface area contributed by atoms with Crippen LogP contribution in [0, 0.1) is 0 Å². The fourth-order valence-corrected chi connectivity index (χ4v) is 9.70. The van der Waals surface area contributed by atoms with Gasteiger partial charge in [-0.2, -0.15) is 0 Å². The van der Waals surface area contributed by atoms with E-state index in [1.807, 2.05) is 36.4 Å². The van der Waals surface area contributed by atoms with Gasteiger partial charge in [0.2, 0.25) is 0 Å². The van der Waals surface area contributed by atoms with E-state index in [-0.39, 0.29) is 0 Å². The number of para-hydroxylation sites is 3. The average molecular weight is 790 g/mol. The maximum atomic E-state index is 5.12. The minimum atomic E-state index is 0.633. The predicted octanol–water partition coefficient (Wildman–Crippen LogP) is 14.4. The fourth-order valence-electron chi connectivity index (χ4n) is 9.70. The smallest absolute Gasteiger partial charge is 0.164 e. The van der Waals surface area contributed by atoms with E-state index < -0.39 is 0 Å². The molecular formula is C57H35N5. The number of rotatable bonds is 5. The van der Waals surface area contributed by atoms with Gasteiger partial charge < -0.3 is 9.13 Å². The Morgan fingerprint density at radius 2 is 0.758 bits per heavy atom. The van der Waals surface area contributed by atoms with E-state index in [0.29, 0.717) is 17.5 Å². The van der Waals surface area contributed by atoms with Crippen LogP contribution in [0.3, 0.4) is 0 Å². The number of hydrogen-bond acceptors (Lipinski definition) is 3. The molecule has 0 bridgehead atoms. The zero-order valence-electron chi connectivity index (χ0n) is 33.4. The highest BCUT2D eigenvalue weighted by atomic mass is 15.0. The average Bonchev–Trinajstić information content (AvgIpc) is 3.82. The molecule has 0 aliphatic carbocycles. The summed E-state index contributed by atoms with van der Waals surface area (Å²) in [6, 6.07) is 75.9. The Kier molecular flexibility index (Phi) is 7.54. The third kappa shape index (κ3) is 5.25. The second-order valence-corrected chi connectivity index (χ2v) is 16.0. The molecule has 1 aliphatic heterocycles. The fraction of sp³-hybridized carbons (Fsp3) is 0. The Labute approximate surface area is 357 Å². The quantitative estimate of drug-likeness (QED) is 0.174. The standard InChI is InChI=1S/C57H35N5/c1-4-16-36(17-5-1)55-58-56(37-18-6-2-7-19-37)60-57(59-55)39-29-31-53-46(33-39)42-22-10-11-23-43(42)48-34-40(35-49-45-25-13-15-27-51(45)62(53)54(48)49)38-28-30-52-47(32-38)44-24-12-14-26-50(44)61(52)41-20-8-3-9-21-41/h1-35H. The Bertz CT molecular complexity index is 3680. The first-order chi connectivity index (χ1) is 30.7. The molecule has 288 valence electrons. The SMILES string of the molecule is c1ccc(-c2nc(-c3ccccc3)nc(-c3ccc4c(c3)-c3ccccc3-c3cc(-c5ccc6c(c5)c5ccccc5n6-c5ccccc5)cc5c6ccccc6n-4c35)n2)cc1. The van der Waals surface area contributed by atoms with Crippen molar-refractivity contribution in [3.63, 3.8) is 0 Å². The number of aromatic nitrogens is 5. The van der Waals surface area contributed by atoms with E-state index in [4.69, 9.17) is 15.0 Å². The number of nitrogens with zero attached hydrogens (tertiary/aromatic N) is 5. The van der Waals surface area contributed by atoms with Crippen LogP contribution in [-0.4, -0.2) is 24.1 Å². The van der Waals surface area contributed by atoms with Gasteiger partial charge in [-0.1, -0.05) is 146 Å². The summed E-state index contributed by atoms with van der Waals surface area (Å²) in [4.78, 5) is 15.2. The molecule has 3 aromatic heterocycles. The van der Waals surface area contributed by atoms with Crippen molar-refractivity contribution in [2.45, 2.75) is 0 Å². The molecule has 0 N–H and O–H groups in total. The van der Waals surface area contributed by atoms with Crippen LogP contribution in [0.1, 0.15) is 0 Å². The van der Waals surface area contributed by atoms with Crippen molar-refractivity contribution in [1.29, 1.82) is 0 Å². The van der Waals surface area contributed by atoms with Crippen LogP contribution in [0.4, 0.5) is 0 Å². The molecule has 0 saturated heterocycles. The lowest BCUT2D eigenvalue weighted by atomic mass is 9.90. The summed E-state index contributed by atoms with van der Waals surface area (Å²) in [7, 11) is 0. The molecule has 0 fully saturated rings. The van der Waals surface area contributed by atoms with Crippen LogP contribution < -0.4 is 0 Å². The third-order valence-corrected chi connectivity index (χ3v) is 12.5. The molecule has 5 heteroatoms. The zero-order valence-corrected chi connectivity index (χ0v) is 33.4. The Balaban J connectivity index is 1.04. The molecule has 12 aromatic rings. The van der Waals surface area contributed by atoms with E-state index in [0.717, 1.165) is 39.2 Å². The topological polar surface area (TPSA) is 48.5 Å². The van der Waals surface area contributed by atoms with Crippen LogP contribution in [0.5, 0.6) is 0 Å². The summed E-state index contributed by atoms with van der Waals surface area (Å²) in [6.45, 7) is 0. The van der Waals surface area contributed by atoms with E-state index in [2.05, 4.69) is 185 Å². The summed E-state index contributed by atoms with van der Waals surface area (Å²) in [5.74, 6) is 1.92. The largest absolute Gasteiger partial charge is 0.309 e. The first-order valence-electron chi connectivity index (χ1n) is 21.0. The molecule has 5 nitrogen and oxygen atoms in total. The van der Waals surface area contributed by atoms with Gasteiger partial charge >= 0.3 is 0 Å². The summed E-state index contributed by atoms with van der Waals surface area (Å²) in [6.07, 6.45) is 0. The van der Waals surface area contributed by atoms with Gasteiger partial charge in [-0.3, -0.25) is 0 Å². The normalized spacial score (nSPS) is 11.9. The van der Waals surface area contributed by atoms with Gasteiger partial charge in [0.05, 0.1) is 27.8 Å². The van der Waals surface area contributed by atoms with Crippen molar-refractivity contribution in [3.05, 3.63) is 212 Å². The maximum absolute atomic E-state index is 5.12. The van der Waals surface area contributed by atoms with Crippen molar-refractivity contribution in [2.75, 3.05) is 0 Å². The minimum Gasteiger partial charge on any atom is -0.309 e. The lowest BCUT2D eigenvalue weighted by molar-refractivity contribution is 1.07. The molecule has 62 heavy (non-hydrogen) atoms.